The Kier molecular flexibility index (Phi) is 5.35. The second-order valence-electron chi connectivity index (χ2n) is 5.37. The van der Waals surface area contributed by atoms with E-state index in [0.717, 1.165) is 0 Å². The molecule has 0 spiro atoms. The van der Waals surface area contributed by atoms with Gasteiger partial charge in [0.05, 0.1) is 15.7 Å². The first-order valence-electron chi connectivity index (χ1n) is 7.56. The van der Waals surface area contributed by atoms with Crippen LogP contribution in [-0.4, -0.2) is 15.9 Å². The van der Waals surface area contributed by atoms with Crippen molar-refractivity contribution in [2.24, 2.45) is 0 Å². The van der Waals surface area contributed by atoms with Crippen LogP contribution in [0.5, 0.6) is 0 Å². The second-order valence-corrected chi connectivity index (χ2v) is 6.19. The number of nitrogens with one attached hydrogen (secondary N) is 2. The fraction of sp³-hybridized carbons (Fsp3) is 0.0556. The number of para-hydroxylation sites is 1. The fourth-order valence-electron chi connectivity index (χ4n) is 2.22. The van der Waals surface area contributed by atoms with E-state index >= 15 is 0 Å². The number of carbonyl (C=O) groups excluding carboxylic acids is 1. The molecular weight excluding hydrogens is 378 g/mol. The van der Waals surface area contributed by atoms with E-state index in [2.05, 4.69) is 20.6 Å². The van der Waals surface area contributed by atoms with Crippen LogP contribution >= 0.6 is 23.2 Å². The van der Waals surface area contributed by atoms with Crippen molar-refractivity contribution < 1.29 is 9.18 Å². The molecule has 0 saturated heterocycles. The minimum atomic E-state index is -0.561. The van der Waals surface area contributed by atoms with Gasteiger partial charge >= 0.3 is 0 Å². The van der Waals surface area contributed by atoms with Crippen LogP contribution in [0.1, 0.15) is 16.3 Å². The average Bonchev–Trinajstić information content (AvgIpc) is 2.60. The zero-order valence-electron chi connectivity index (χ0n) is 13.6. The number of carbonyl (C=O) groups is 1. The highest BCUT2D eigenvalue weighted by Gasteiger charge is 2.12. The maximum atomic E-state index is 13.2. The summed E-state index contributed by atoms with van der Waals surface area (Å²) in [4.78, 5) is 20.8. The number of benzene rings is 2. The Morgan fingerprint density at radius 3 is 2.54 bits per heavy atom. The van der Waals surface area contributed by atoms with Gasteiger partial charge in [-0.3, -0.25) is 4.79 Å². The van der Waals surface area contributed by atoms with Gasteiger partial charge in [0.2, 0.25) is 0 Å². The van der Waals surface area contributed by atoms with Crippen molar-refractivity contribution in [2.75, 3.05) is 10.6 Å². The van der Waals surface area contributed by atoms with Crippen LogP contribution < -0.4 is 10.6 Å². The second kappa shape index (κ2) is 7.68. The van der Waals surface area contributed by atoms with E-state index in [9.17, 15) is 9.18 Å². The van der Waals surface area contributed by atoms with Gasteiger partial charge in [-0.2, -0.15) is 0 Å². The standard InChI is InChI=1S/C18H13Cl2FN4O/c1-10-22-16(18(26)24-11-6-7-14(21)13(20)8-11)9-17(23-10)25-15-5-3-2-4-12(15)19/h2-9H,1H3,(H,24,26)(H,22,23,25). The molecule has 2 aromatic carbocycles. The largest absolute Gasteiger partial charge is 0.339 e. The highest BCUT2D eigenvalue weighted by molar-refractivity contribution is 6.33. The number of amides is 1. The molecule has 0 fully saturated rings. The molecule has 0 saturated carbocycles. The summed E-state index contributed by atoms with van der Waals surface area (Å²) < 4.78 is 13.2. The lowest BCUT2D eigenvalue weighted by Crippen LogP contribution is -2.15. The third kappa shape index (κ3) is 4.28. The molecule has 1 heterocycles. The molecule has 5 nitrogen and oxygen atoms in total. The van der Waals surface area contributed by atoms with E-state index in [1.165, 1.54) is 24.3 Å². The molecule has 0 bridgehead atoms. The molecule has 2 N–H and O–H groups in total. The van der Waals surface area contributed by atoms with E-state index in [4.69, 9.17) is 23.2 Å². The molecule has 132 valence electrons. The zero-order valence-corrected chi connectivity index (χ0v) is 15.1. The van der Waals surface area contributed by atoms with Crippen LogP contribution in [0.2, 0.25) is 10.0 Å². The maximum absolute atomic E-state index is 13.2. The van der Waals surface area contributed by atoms with E-state index < -0.39 is 11.7 Å². The molecule has 0 atom stereocenters. The van der Waals surface area contributed by atoms with Gasteiger partial charge in [-0.25, -0.2) is 14.4 Å². The zero-order chi connectivity index (χ0) is 18.7. The van der Waals surface area contributed by atoms with E-state index in [0.29, 0.717) is 28.0 Å². The van der Waals surface area contributed by atoms with Gasteiger partial charge in [0.1, 0.15) is 23.2 Å². The first-order chi connectivity index (χ1) is 12.4. The van der Waals surface area contributed by atoms with E-state index in [1.807, 2.05) is 12.1 Å². The third-order valence-corrected chi connectivity index (χ3v) is 4.00. The van der Waals surface area contributed by atoms with Crippen LogP contribution in [0.4, 0.5) is 21.6 Å². The number of rotatable bonds is 4. The van der Waals surface area contributed by atoms with Crippen molar-refractivity contribution in [3.63, 3.8) is 0 Å². The summed E-state index contributed by atoms with van der Waals surface area (Å²) in [6.07, 6.45) is 0. The highest BCUT2D eigenvalue weighted by atomic mass is 35.5. The van der Waals surface area contributed by atoms with E-state index in [-0.39, 0.29) is 10.7 Å². The summed E-state index contributed by atoms with van der Waals surface area (Å²) in [5.41, 5.74) is 1.16. The quantitative estimate of drug-likeness (QED) is 0.640. The van der Waals surface area contributed by atoms with Crippen molar-refractivity contribution in [3.8, 4) is 0 Å². The van der Waals surface area contributed by atoms with Crippen LogP contribution in [-0.2, 0) is 0 Å². The van der Waals surface area contributed by atoms with Crippen molar-refractivity contribution >= 4 is 46.3 Å². The molecule has 1 amide bonds. The van der Waals surface area contributed by atoms with Gasteiger partial charge in [0, 0.05) is 11.8 Å². The number of hydrogen-bond donors (Lipinski definition) is 2. The molecule has 3 aromatic rings. The van der Waals surface area contributed by atoms with Gasteiger partial charge in [-0.05, 0) is 37.3 Å². The lowest BCUT2D eigenvalue weighted by molar-refractivity contribution is 0.102. The Hall–Kier alpha value is -2.70. The lowest BCUT2D eigenvalue weighted by atomic mass is 10.2. The maximum Gasteiger partial charge on any atom is 0.274 e. The van der Waals surface area contributed by atoms with Crippen LogP contribution in [0.15, 0.2) is 48.5 Å². The van der Waals surface area contributed by atoms with Gasteiger partial charge in [0.25, 0.3) is 5.91 Å². The van der Waals surface area contributed by atoms with E-state index in [1.54, 1.807) is 19.1 Å². The first kappa shape index (κ1) is 18.1. The van der Waals surface area contributed by atoms with Crippen molar-refractivity contribution in [2.45, 2.75) is 6.92 Å². The van der Waals surface area contributed by atoms with Gasteiger partial charge in [-0.1, -0.05) is 35.3 Å². The number of halogens is 3. The molecule has 0 aliphatic rings. The minimum Gasteiger partial charge on any atom is -0.339 e. The molecular formula is C18H13Cl2FN4O. The molecule has 0 unspecified atom stereocenters. The van der Waals surface area contributed by atoms with Crippen LogP contribution in [0.3, 0.4) is 0 Å². The highest BCUT2D eigenvalue weighted by Crippen LogP contribution is 2.24. The summed E-state index contributed by atoms with van der Waals surface area (Å²) in [7, 11) is 0. The summed E-state index contributed by atoms with van der Waals surface area (Å²) >= 11 is 11.8. The molecule has 3 rings (SSSR count). The topological polar surface area (TPSA) is 66.9 Å². The summed E-state index contributed by atoms with van der Waals surface area (Å²) in [5.74, 6) is -0.202. The monoisotopic (exact) mass is 390 g/mol. The number of anilines is 3. The average molecular weight is 391 g/mol. The molecule has 8 heteroatoms. The van der Waals surface area contributed by atoms with Gasteiger partial charge in [0.15, 0.2) is 0 Å². The lowest BCUT2D eigenvalue weighted by Gasteiger charge is -2.10. The number of nitrogens with zero attached hydrogens (tertiary/aromatic N) is 2. The Bertz CT molecular complexity index is 981. The molecule has 26 heavy (non-hydrogen) atoms. The first-order valence-corrected chi connectivity index (χ1v) is 8.31. The Balaban J connectivity index is 1.83. The molecule has 1 aromatic heterocycles. The predicted molar refractivity (Wildman–Crippen MR) is 101 cm³/mol. The number of aryl methyl sites for hydroxylation is 1. The Morgan fingerprint density at radius 2 is 1.81 bits per heavy atom. The normalized spacial score (nSPS) is 10.5. The Labute approximate surface area is 159 Å². The predicted octanol–water partition coefficient (Wildman–Crippen LogP) is 5.23. The van der Waals surface area contributed by atoms with Gasteiger partial charge < -0.3 is 10.6 Å². The summed E-state index contributed by atoms with van der Waals surface area (Å²) in [6, 6.07) is 12.6. The minimum absolute atomic E-state index is 0.0808. The number of hydrogen-bond acceptors (Lipinski definition) is 4. The van der Waals surface area contributed by atoms with Gasteiger partial charge in [-0.15, -0.1) is 0 Å². The third-order valence-electron chi connectivity index (χ3n) is 3.38. The smallest absolute Gasteiger partial charge is 0.274 e. The molecule has 0 aliphatic carbocycles. The number of aromatic nitrogens is 2. The molecule has 0 radical (unpaired) electrons. The Morgan fingerprint density at radius 1 is 1.04 bits per heavy atom. The summed E-state index contributed by atoms with van der Waals surface area (Å²) in [6.45, 7) is 1.67. The van der Waals surface area contributed by atoms with Crippen molar-refractivity contribution in [3.05, 3.63) is 75.9 Å². The van der Waals surface area contributed by atoms with Crippen molar-refractivity contribution in [1.82, 2.24) is 9.97 Å². The fourth-order valence-corrected chi connectivity index (χ4v) is 2.58. The SMILES string of the molecule is Cc1nc(Nc2ccccc2Cl)cc(C(=O)Nc2ccc(F)c(Cl)c2)n1. The van der Waals surface area contributed by atoms with Crippen molar-refractivity contribution in [1.29, 1.82) is 0 Å². The molecule has 0 aliphatic heterocycles. The summed E-state index contributed by atoms with van der Waals surface area (Å²) in [5, 5.41) is 6.12. The van der Waals surface area contributed by atoms with Crippen LogP contribution in [0, 0.1) is 12.7 Å². The van der Waals surface area contributed by atoms with Crippen LogP contribution in [0.25, 0.3) is 0 Å².